The smallest absolute Gasteiger partial charge is 0.359 e. The van der Waals surface area contributed by atoms with E-state index in [0.29, 0.717) is 17.7 Å². The van der Waals surface area contributed by atoms with Crippen molar-refractivity contribution in [2.45, 2.75) is 57.0 Å². The summed E-state index contributed by atoms with van der Waals surface area (Å²) in [5.41, 5.74) is 0.995. The summed E-state index contributed by atoms with van der Waals surface area (Å²) in [4.78, 5) is 18.5. The van der Waals surface area contributed by atoms with Gasteiger partial charge in [-0.15, -0.1) is 0 Å². The second kappa shape index (κ2) is 9.12. The summed E-state index contributed by atoms with van der Waals surface area (Å²) in [5.74, 6) is 1.42. The van der Waals surface area contributed by atoms with Gasteiger partial charge in [-0.25, -0.2) is 9.18 Å². The number of hydrogen-bond acceptors (Lipinski definition) is 6. The summed E-state index contributed by atoms with van der Waals surface area (Å²) in [5, 5.41) is 6.76. The maximum absolute atomic E-state index is 13.7. The molecule has 7 nitrogen and oxygen atoms in total. The summed E-state index contributed by atoms with van der Waals surface area (Å²) < 4.78 is 23.9. The van der Waals surface area contributed by atoms with Gasteiger partial charge >= 0.3 is 12.2 Å². The molecule has 0 radical (unpaired) electrons. The molecule has 2 aromatic rings. The Kier molecular flexibility index (Phi) is 6.32. The zero-order chi connectivity index (χ0) is 21.1. The number of amides is 1. The highest BCUT2D eigenvalue weighted by molar-refractivity contribution is 5.69. The molecule has 2 fully saturated rings. The van der Waals surface area contributed by atoms with Gasteiger partial charge in [0.2, 0.25) is 0 Å². The van der Waals surface area contributed by atoms with Crippen LogP contribution in [0.3, 0.4) is 0 Å². The first kappa shape index (κ1) is 20.8. The number of rotatable bonds is 7. The SMILES string of the molecule is CN(C)C(c1cccc(F)c1)C1CCC(NC(=O)Oc2nc(CC3CC3)no2)CC1. The molecule has 4 rings (SSSR count). The summed E-state index contributed by atoms with van der Waals surface area (Å²) in [6.45, 7) is 0. The summed E-state index contributed by atoms with van der Waals surface area (Å²) in [7, 11) is 4.05. The number of carbonyl (C=O) groups is 1. The van der Waals surface area contributed by atoms with E-state index in [0.717, 1.165) is 37.7 Å². The van der Waals surface area contributed by atoms with Crippen LogP contribution >= 0.6 is 0 Å². The fourth-order valence-electron chi connectivity index (χ4n) is 4.48. The van der Waals surface area contributed by atoms with Gasteiger partial charge in [-0.1, -0.05) is 17.3 Å². The van der Waals surface area contributed by atoms with E-state index in [-0.39, 0.29) is 24.0 Å². The van der Waals surface area contributed by atoms with Gasteiger partial charge in [-0.2, -0.15) is 4.98 Å². The van der Waals surface area contributed by atoms with Gasteiger partial charge in [0.1, 0.15) is 5.82 Å². The van der Waals surface area contributed by atoms with Crippen LogP contribution in [-0.2, 0) is 6.42 Å². The van der Waals surface area contributed by atoms with E-state index in [1.54, 1.807) is 12.1 Å². The van der Waals surface area contributed by atoms with Crippen LogP contribution in [0.2, 0.25) is 0 Å². The van der Waals surface area contributed by atoms with Crippen LogP contribution in [0, 0.1) is 17.7 Å². The van der Waals surface area contributed by atoms with Gasteiger partial charge in [0, 0.05) is 18.5 Å². The highest BCUT2D eigenvalue weighted by Crippen LogP contribution is 2.37. The van der Waals surface area contributed by atoms with Crippen molar-refractivity contribution in [3.8, 4) is 6.08 Å². The Bertz CT molecular complexity index is 860. The van der Waals surface area contributed by atoms with Crippen molar-refractivity contribution in [1.82, 2.24) is 20.4 Å². The Balaban J connectivity index is 1.27. The maximum Gasteiger partial charge on any atom is 0.426 e. The van der Waals surface area contributed by atoms with Gasteiger partial charge in [0.25, 0.3) is 0 Å². The highest BCUT2D eigenvalue weighted by atomic mass is 19.1. The molecule has 2 aliphatic rings. The Morgan fingerprint density at radius 3 is 2.70 bits per heavy atom. The molecule has 0 aliphatic heterocycles. The molecule has 1 amide bonds. The predicted octanol–water partition coefficient (Wildman–Crippen LogP) is 4.11. The maximum atomic E-state index is 13.7. The molecule has 162 valence electrons. The molecule has 1 aromatic carbocycles. The minimum absolute atomic E-state index is 0.0397. The molecule has 0 saturated heterocycles. The lowest BCUT2D eigenvalue weighted by molar-refractivity contribution is 0.145. The molecule has 1 N–H and O–H groups in total. The molecule has 2 aliphatic carbocycles. The fraction of sp³-hybridized carbons (Fsp3) is 0.591. The molecule has 1 unspecified atom stereocenters. The van der Waals surface area contributed by atoms with E-state index in [2.05, 4.69) is 20.4 Å². The average molecular weight is 416 g/mol. The lowest BCUT2D eigenvalue weighted by Crippen LogP contribution is -2.41. The number of benzene rings is 1. The van der Waals surface area contributed by atoms with E-state index in [4.69, 9.17) is 9.26 Å². The van der Waals surface area contributed by atoms with Crippen LogP contribution in [0.5, 0.6) is 6.08 Å². The van der Waals surface area contributed by atoms with Crippen LogP contribution in [0.25, 0.3) is 0 Å². The van der Waals surface area contributed by atoms with Gasteiger partial charge in [-0.05, 0) is 82.2 Å². The molecular weight excluding hydrogens is 387 g/mol. The number of hydrogen-bond donors (Lipinski definition) is 1. The topological polar surface area (TPSA) is 80.5 Å². The molecular formula is C22H29FN4O3. The summed E-state index contributed by atoms with van der Waals surface area (Å²) in [6, 6.07) is 7.03. The van der Waals surface area contributed by atoms with E-state index >= 15 is 0 Å². The number of ether oxygens (including phenoxy) is 1. The average Bonchev–Trinajstić information content (AvgIpc) is 3.41. The summed E-state index contributed by atoms with van der Waals surface area (Å²) in [6.07, 6.45) is 6.07. The third-order valence-corrected chi connectivity index (χ3v) is 6.08. The number of carbonyl (C=O) groups excluding carboxylic acids is 1. The minimum atomic E-state index is -0.561. The molecule has 1 atom stereocenters. The minimum Gasteiger partial charge on any atom is -0.359 e. The van der Waals surface area contributed by atoms with Crippen molar-refractivity contribution >= 4 is 6.09 Å². The molecule has 30 heavy (non-hydrogen) atoms. The number of nitrogens with one attached hydrogen (secondary N) is 1. The van der Waals surface area contributed by atoms with E-state index in [1.807, 2.05) is 20.2 Å². The van der Waals surface area contributed by atoms with Gasteiger partial charge in [0.05, 0.1) is 0 Å². The monoisotopic (exact) mass is 416 g/mol. The van der Waals surface area contributed by atoms with Crippen LogP contribution < -0.4 is 10.1 Å². The third-order valence-electron chi connectivity index (χ3n) is 6.08. The number of halogens is 1. The largest absolute Gasteiger partial charge is 0.426 e. The lowest BCUT2D eigenvalue weighted by Gasteiger charge is -2.37. The summed E-state index contributed by atoms with van der Waals surface area (Å²) >= 11 is 0. The molecule has 2 saturated carbocycles. The van der Waals surface area contributed by atoms with E-state index < -0.39 is 6.09 Å². The van der Waals surface area contributed by atoms with E-state index in [9.17, 15) is 9.18 Å². The highest BCUT2D eigenvalue weighted by Gasteiger charge is 2.31. The Labute approximate surface area is 176 Å². The van der Waals surface area contributed by atoms with Crippen molar-refractivity contribution in [2.24, 2.45) is 11.8 Å². The molecule has 8 heteroatoms. The predicted molar refractivity (Wildman–Crippen MR) is 108 cm³/mol. The van der Waals surface area contributed by atoms with Crippen LogP contribution in [0.1, 0.15) is 56.0 Å². The van der Waals surface area contributed by atoms with Gasteiger partial charge in [-0.3, -0.25) is 4.52 Å². The molecule has 1 heterocycles. The van der Waals surface area contributed by atoms with Crippen molar-refractivity contribution in [3.05, 3.63) is 41.5 Å². The van der Waals surface area contributed by atoms with Crippen LogP contribution in [-0.4, -0.2) is 41.3 Å². The normalized spacial score (nSPS) is 22.7. The first-order chi connectivity index (χ1) is 14.5. The Morgan fingerprint density at radius 1 is 1.27 bits per heavy atom. The van der Waals surface area contributed by atoms with Gasteiger partial charge < -0.3 is 15.0 Å². The first-order valence-corrected chi connectivity index (χ1v) is 10.7. The number of aromatic nitrogens is 2. The van der Waals surface area contributed by atoms with Crippen LogP contribution in [0.15, 0.2) is 28.8 Å². The zero-order valence-corrected chi connectivity index (χ0v) is 17.5. The first-order valence-electron chi connectivity index (χ1n) is 10.7. The Morgan fingerprint density at radius 2 is 2.03 bits per heavy atom. The second-order valence-corrected chi connectivity index (χ2v) is 8.73. The van der Waals surface area contributed by atoms with Crippen molar-refractivity contribution in [3.63, 3.8) is 0 Å². The lowest BCUT2D eigenvalue weighted by atomic mass is 9.78. The van der Waals surface area contributed by atoms with Crippen LogP contribution in [0.4, 0.5) is 9.18 Å². The van der Waals surface area contributed by atoms with Crippen molar-refractivity contribution in [2.75, 3.05) is 14.1 Å². The quantitative estimate of drug-likeness (QED) is 0.732. The number of nitrogens with zero attached hydrogens (tertiary/aromatic N) is 3. The molecule has 1 aromatic heterocycles. The molecule has 0 bridgehead atoms. The molecule has 0 spiro atoms. The third kappa shape index (κ3) is 5.36. The standard InChI is InChI=1S/C22H29FN4O3/c1-27(2)20(16-4-3-5-17(23)13-16)15-8-10-18(11-9-15)24-21(28)29-22-25-19(26-30-22)12-14-6-7-14/h3-5,13-15,18,20H,6-12H2,1-2H3,(H,24,28). The zero-order valence-electron chi connectivity index (χ0n) is 17.5. The van der Waals surface area contributed by atoms with E-state index in [1.165, 1.54) is 18.9 Å². The second-order valence-electron chi connectivity index (χ2n) is 8.73. The Hall–Kier alpha value is -2.48. The van der Waals surface area contributed by atoms with Crippen molar-refractivity contribution in [1.29, 1.82) is 0 Å². The van der Waals surface area contributed by atoms with Crippen molar-refractivity contribution < 1.29 is 18.4 Å². The van der Waals surface area contributed by atoms with Gasteiger partial charge in [0.15, 0.2) is 5.82 Å². The fourth-order valence-corrected chi connectivity index (χ4v) is 4.48.